The van der Waals surface area contributed by atoms with Gasteiger partial charge in [0.05, 0.1) is 6.54 Å². The zero-order valence-electron chi connectivity index (χ0n) is 10.5. The summed E-state index contributed by atoms with van der Waals surface area (Å²) >= 11 is -1.37. The Hall–Kier alpha value is -0.720. The van der Waals surface area contributed by atoms with Gasteiger partial charge in [-0.3, -0.25) is 0 Å². The molecule has 2 nitrogen and oxygen atoms in total. The molecule has 1 atom stereocenters. The summed E-state index contributed by atoms with van der Waals surface area (Å²) < 4.78 is 52.2. The van der Waals surface area contributed by atoms with Crippen molar-refractivity contribution in [2.75, 3.05) is 0 Å². The maximum atomic E-state index is 13.4. The number of benzene rings is 1. The van der Waals surface area contributed by atoms with Gasteiger partial charge in [0.25, 0.3) is 6.43 Å². The highest BCUT2D eigenvalue weighted by molar-refractivity contribution is 7.90. The highest BCUT2D eigenvalue weighted by atomic mass is 32.2. The predicted octanol–water partition coefficient (Wildman–Crippen LogP) is 3.32. The number of alkyl halides is 2. The van der Waals surface area contributed by atoms with Crippen LogP contribution in [0.2, 0.25) is 0 Å². The van der Waals surface area contributed by atoms with Crippen LogP contribution >= 0.6 is 0 Å². The number of hydrogen-bond donors (Lipinski definition) is 1. The lowest BCUT2D eigenvalue weighted by atomic mass is 10.1. The Bertz CT molecular complexity index is 407. The molecule has 0 fully saturated rings. The molecule has 1 unspecified atom stereocenters. The normalized spacial score (nSPS) is 14.0. The molecule has 0 bridgehead atoms. The molecule has 6 heteroatoms. The van der Waals surface area contributed by atoms with E-state index in [1.165, 1.54) is 0 Å². The predicted molar refractivity (Wildman–Crippen MR) is 66.1 cm³/mol. The fourth-order valence-electron chi connectivity index (χ4n) is 1.23. The third-order valence-electron chi connectivity index (χ3n) is 2.27. The van der Waals surface area contributed by atoms with Gasteiger partial charge in [0.2, 0.25) is 0 Å². The molecular formula is C12H16F3NOS. The molecule has 0 aromatic heterocycles. The first-order valence-electron chi connectivity index (χ1n) is 5.43. The second-order valence-corrected chi connectivity index (χ2v) is 6.90. The molecule has 0 saturated carbocycles. The van der Waals surface area contributed by atoms with Crippen molar-refractivity contribution in [3.63, 3.8) is 0 Å². The SMILES string of the molecule is CC(C)(C)[S+]([O-])NCc1cc(C(F)F)ccc1F. The summed E-state index contributed by atoms with van der Waals surface area (Å²) in [6, 6.07) is 3.13. The third kappa shape index (κ3) is 4.19. The minimum Gasteiger partial charge on any atom is -0.598 e. The molecule has 1 aromatic rings. The first kappa shape index (κ1) is 15.3. The molecule has 0 amide bonds. The molecule has 18 heavy (non-hydrogen) atoms. The van der Waals surface area contributed by atoms with E-state index in [1.807, 2.05) is 0 Å². The van der Waals surface area contributed by atoms with Gasteiger partial charge in [-0.2, -0.15) is 0 Å². The minimum atomic E-state index is -2.64. The summed E-state index contributed by atoms with van der Waals surface area (Å²) in [4.78, 5) is 0. The summed E-state index contributed by atoms with van der Waals surface area (Å²) in [7, 11) is 0. The van der Waals surface area contributed by atoms with Crippen LogP contribution in [0.1, 0.15) is 38.3 Å². The van der Waals surface area contributed by atoms with E-state index in [4.69, 9.17) is 0 Å². The van der Waals surface area contributed by atoms with Crippen LogP contribution in [0.15, 0.2) is 18.2 Å². The van der Waals surface area contributed by atoms with Crippen LogP contribution in [0.4, 0.5) is 13.2 Å². The Morgan fingerprint density at radius 1 is 1.33 bits per heavy atom. The molecule has 1 N–H and O–H groups in total. The second-order valence-electron chi connectivity index (χ2n) is 4.85. The second kappa shape index (κ2) is 5.95. The van der Waals surface area contributed by atoms with Crippen LogP contribution in [0.5, 0.6) is 0 Å². The fourth-order valence-corrected chi connectivity index (χ4v) is 1.95. The van der Waals surface area contributed by atoms with Crippen LogP contribution in [0.3, 0.4) is 0 Å². The molecule has 0 saturated heterocycles. The van der Waals surface area contributed by atoms with Crippen molar-refractivity contribution in [3.05, 3.63) is 35.1 Å². The number of rotatable bonds is 4. The van der Waals surface area contributed by atoms with E-state index in [9.17, 15) is 17.7 Å². The summed E-state index contributed by atoms with van der Waals surface area (Å²) in [6.45, 7) is 5.25. The highest BCUT2D eigenvalue weighted by Gasteiger charge is 2.26. The lowest BCUT2D eigenvalue weighted by Crippen LogP contribution is -2.39. The number of nitrogens with one attached hydrogen (secondary N) is 1. The van der Waals surface area contributed by atoms with Crippen molar-refractivity contribution >= 4 is 11.4 Å². The maximum absolute atomic E-state index is 13.4. The molecule has 102 valence electrons. The van der Waals surface area contributed by atoms with Crippen LogP contribution in [-0.2, 0) is 17.9 Å². The molecule has 0 radical (unpaired) electrons. The Morgan fingerprint density at radius 2 is 1.94 bits per heavy atom. The van der Waals surface area contributed by atoms with E-state index in [0.29, 0.717) is 0 Å². The van der Waals surface area contributed by atoms with E-state index in [-0.39, 0.29) is 17.7 Å². The van der Waals surface area contributed by atoms with E-state index < -0.39 is 28.4 Å². The Balaban J connectivity index is 2.75. The molecule has 0 spiro atoms. The fraction of sp³-hybridized carbons (Fsp3) is 0.500. The van der Waals surface area contributed by atoms with E-state index in [1.54, 1.807) is 20.8 Å². The molecule has 0 heterocycles. The van der Waals surface area contributed by atoms with Gasteiger partial charge in [-0.05, 0) is 32.9 Å². The molecule has 0 aliphatic rings. The Labute approximate surface area is 108 Å². The highest BCUT2D eigenvalue weighted by Crippen LogP contribution is 2.22. The van der Waals surface area contributed by atoms with Crippen LogP contribution in [0, 0.1) is 5.82 Å². The number of halogens is 3. The monoisotopic (exact) mass is 279 g/mol. The first-order chi connectivity index (χ1) is 8.21. The van der Waals surface area contributed by atoms with Gasteiger partial charge >= 0.3 is 0 Å². The van der Waals surface area contributed by atoms with Gasteiger partial charge in [-0.25, -0.2) is 13.2 Å². The van der Waals surface area contributed by atoms with E-state index in [0.717, 1.165) is 18.2 Å². The van der Waals surface area contributed by atoms with Crippen LogP contribution in [0.25, 0.3) is 0 Å². The zero-order chi connectivity index (χ0) is 13.9. The maximum Gasteiger partial charge on any atom is 0.263 e. The summed E-state index contributed by atoms with van der Waals surface area (Å²) in [6.07, 6.45) is -2.64. The first-order valence-corrected chi connectivity index (χ1v) is 6.58. The largest absolute Gasteiger partial charge is 0.598 e. The minimum absolute atomic E-state index is 0.0454. The van der Waals surface area contributed by atoms with Gasteiger partial charge in [-0.15, -0.1) is 4.72 Å². The van der Waals surface area contributed by atoms with E-state index >= 15 is 0 Å². The topological polar surface area (TPSA) is 35.1 Å². The van der Waals surface area contributed by atoms with Crippen molar-refractivity contribution in [1.29, 1.82) is 0 Å². The zero-order valence-corrected chi connectivity index (χ0v) is 11.3. The van der Waals surface area contributed by atoms with Crippen molar-refractivity contribution in [2.45, 2.75) is 38.5 Å². The van der Waals surface area contributed by atoms with E-state index in [2.05, 4.69) is 4.72 Å². The smallest absolute Gasteiger partial charge is 0.263 e. The van der Waals surface area contributed by atoms with Crippen LogP contribution in [-0.4, -0.2) is 9.30 Å². The van der Waals surface area contributed by atoms with Crippen molar-refractivity contribution < 1.29 is 17.7 Å². The third-order valence-corrected chi connectivity index (χ3v) is 3.79. The van der Waals surface area contributed by atoms with Gasteiger partial charge in [0.15, 0.2) is 0 Å². The molecular weight excluding hydrogens is 263 g/mol. The average Bonchev–Trinajstić information content (AvgIpc) is 2.25. The van der Waals surface area contributed by atoms with Gasteiger partial charge in [0.1, 0.15) is 10.6 Å². The van der Waals surface area contributed by atoms with Gasteiger partial charge in [-0.1, -0.05) is 6.07 Å². The molecule has 1 rings (SSSR count). The number of hydrogen-bond acceptors (Lipinski definition) is 2. The summed E-state index contributed by atoms with van der Waals surface area (Å²) in [5.41, 5.74) is -0.153. The standard InChI is InChI=1S/C12H16F3NOS/c1-12(2,3)18(17)16-7-9-6-8(11(14)15)4-5-10(9)13/h4-6,11,16H,7H2,1-3H3. The van der Waals surface area contributed by atoms with Gasteiger partial charge < -0.3 is 4.55 Å². The Morgan fingerprint density at radius 3 is 2.44 bits per heavy atom. The quantitative estimate of drug-likeness (QED) is 0.858. The van der Waals surface area contributed by atoms with Crippen LogP contribution < -0.4 is 4.72 Å². The summed E-state index contributed by atoms with van der Waals surface area (Å²) in [5, 5.41) is 0. The van der Waals surface area contributed by atoms with Crippen molar-refractivity contribution in [1.82, 2.24) is 4.72 Å². The van der Waals surface area contributed by atoms with Crippen molar-refractivity contribution in [3.8, 4) is 0 Å². The Kier molecular flexibility index (Phi) is 5.07. The van der Waals surface area contributed by atoms with Gasteiger partial charge in [0, 0.05) is 22.5 Å². The summed E-state index contributed by atoms with van der Waals surface area (Å²) in [5.74, 6) is -0.585. The average molecular weight is 279 g/mol. The lowest BCUT2D eigenvalue weighted by Gasteiger charge is -2.23. The molecule has 0 aliphatic heterocycles. The molecule has 1 aromatic carbocycles. The van der Waals surface area contributed by atoms with Crippen molar-refractivity contribution in [2.24, 2.45) is 0 Å². The molecule has 0 aliphatic carbocycles. The lowest BCUT2D eigenvalue weighted by molar-refractivity contribution is 0.151.